The number of carbonyl (C=O) groups excluding carboxylic acids is 5. The first-order valence-corrected chi connectivity index (χ1v) is 18.4. The molecule has 1 aliphatic rings. The van der Waals surface area contributed by atoms with E-state index >= 15 is 0 Å². The van der Waals surface area contributed by atoms with Crippen molar-refractivity contribution in [2.75, 3.05) is 39.3 Å². The van der Waals surface area contributed by atoms with Gasteiger partial charge in [0.05, 0.1) is 19.7 Å². The predicted molar refractivity (Wildman–Crippen MR) is 188 cm³/mol. The number of aromatic hydroxyl groups is 1. The summed E-state index contributed by atoms with van der Waals surface area (Å²) in [6, 6.07) is 0.585. The average Bonchev–Trinajstić information content (AvgIpc) is 3.07. The molecule has 6 N–H and O–H groups in total. The number of nitrogens with two attached hydrogens (primary N) is 1. The Morgan fingerprint density at radius 3 is 2.35 bits per heavy atom. The molecule has 0 radical (unpaired) electrons. The van der Waals surface area contributed by atoms with Crippen molar-refractivity contribution >= 4 is 41.4 Å². The lowest BCUT2D eigenvalue weighted by atomic mass is 9.84. The van der Waals surface area contributed by atoms with Gasteiger partial charge in [-0.3, -0.25) is 24.0 Å². The number of thioether (sulfide) groups is 1. The van der Waals surface area contributed by atoms with Crippen molar-refractivity contribution in [1.82, 2.24) is 20.9 Å². The van der Waals surface area contributed by atoms with Gasteiger partial charge < -0.3 is 36.4 Å². The summed E-state index contributed by atoms with van der Waals surface area (Å²) >= 11 is 1.51. The second-order valence-electron chi connectivity index (χ2n) is 12.9. The van der Waals surface area contributed by atoms with Crippen LogP contribution in [0.3, 0.4) is 0 Å². The number of phenolic OH excluding ortho intramolecular Hbond substituents is 1. The van der Waals surface area contributed by atoms with Crippen molar-refractivity contribution in [2.45, 2.75) is 109 Å². The highest BCUT2D eigenvalue weighted by Crippen LogP contribution is 2.28. The third-order valence-electron chi connectivity index (χ3n) is 8.98. The van der Waals surface area contributed by atoms with Gasteiger partial charge in [-0.15, -0.1) is 0 Å². The monoisotopic (exact) mass is 692 g/mol. The maximum atomic E-state index is 13.5. The number of unbranched alkanes of at least 4 members (excludes halogenated alkanes) is 2. The van der Waals surface area contributed by atoms with Gasteiger partial charge in [0.2, 0.25) is 23.6 Å². The molecule has 12 nitrogen and oxygen atoms in total. The largest absolute Gasteiger partial charge is 0.508 e. The molecule has 48 heavy (non-hydrogen) atoms. The molecule has 0 aliphatic heterocycles. The van der Waals surface area contributed by atoms with E-state index in [1.807, 2.05) is 20.1 Å². The number of rotatable bonds is 21. The second kappa shape index (κ2) is 21.6. The van der Waals surface area contributed by atoms with Gasteiger partial charge in [0.1, 0.15) is 19.2 Å². The van der Waals surface area contributed by atoms with Crippen LogP contribution in [0.5, 0.6) is 5.75 Å². The van der Waals surface area contributed by atoms with Crippen LogP contribution in [0.25, 0.3) is 0 Å². The lowest BCUT2D eigenvalue weighted by molar-refractivity contribution is -0.140. The van der Waals surface area contributed by atoms with Gasteiger partial charge in [-0.05, 0) is 92.7 Å². The number of phenols is 1. The van der Waals surface area contributed by atoms with Gasteiger partial charge in [0.15, 0.2) is 0 Å². The van der Waals surface area contributed by atoms with Gasteiger partial charge in [0, 0.05) is 20.0 Å². The number of nitrogens with zero attached hydrogens (tertiary/aromatic N) is 1. The zero-order valence-corrected chi connectivity index (χ0v) is 30.1. The summed E-state index contributed by atoms with van der Waals surface area (Å²) in [4.78, 5) is 66.1. The lowest BCUT2D eigenvalue weighted by Crippen LogP contribution is -2.54. The fourth-order valence-electron chi connectivity index (χ4n) is 6.15. The quantitative estimate of drug-likeness (QED) is 0.0957. The summed E-state index contributed by atoms with van der Waals surface area (Å²) in [5.41, 5.74) is 4.69. The van der Waals surface area contributed by atoms with E-state index in [4.69, 9.17) is 1.41 Å². The number of aryl methyl sites for hydroxylation is 2. The molecular formula is C35H57N5O7S. The molecule has 1 aromatic rings. The number of hydrogen-bond acceptors (Lipinski definition) is 9. The highest BCUT2D eigenvalue weighted by atomic mass is 32.2. The van der Waals surface area contributed by atoms with Gasteiger partial charge in [0.25, 0.3) is 0 Å². The zero-order valence-electron chi connectivity index (χ0n) is 30.3. The number of nitrogens with one attached hydrogen (secondary N) is 3. The van der Waals surface area contributed by atoms with E-state index in [0.29, 0.717) is 50.3 Å². The van der Waals surface area contributed by atoms with E-state index in [0.717, 1.165) is 48.8 Å². The number of benzene rings is 1. The molecule has 0 bridgehead atoms. The van der Waals surface area contributed by atoms with Crippen LogP contribution in [0.15, 0.2) is 12.1 Å². The normalized spacial score (nSPS) is 15.4. The average molecular weight is 693 g/mol. The highest BCUT2D eigenvalue weighted by molar-refractivity contribution is 7.98. The van der Waals surface area contributed by atoms with E-state index < -0.39 is 35.8 Å². The first kappa shape index (κ1) is 39.1. The van der Waals surface area contributed by atoms with Gasteiger partial charge in [-0.2, -0.15) is 11.8 Å². The molecule has 1 saturated carbocycles. The number of ether oxygens (including phenoxy) is 1. The van der Waals surface area contributed by atoms with Gasteiger partial charge >= 0.3 is 5.97 Å². The van der Waals surface area contributed by atoms with Crippen LogP contribution in [0.2, 0.25) is 1.41 Å². The van der Waals surface area contributed by atoms with Crippen LogP contribution in [0, 0.1) is 19.8 Å². The fraction of sp³-hybridized carbons (Fsp3) is 0.686. The Bertz CT molecular complexity index is 1220. The van der Waals surface area contributed by atoms with Crippen LogP contribution < -0.4 is 21.7 Å². The summed E-state index contributed by atoms with van der Waals surface area (Å²) in [6.45, 7) is 3.77. The zero-order chi connectivity index (χ0) is 36.3. The number of amides is 4. The molecule has 2 rings (SSSR count). The smallest absolute Gasteiger partial charge is 0.305 e. The Balaban J connectivity index is 2.01. The van der Waals surface area contributed by atoms with E-state index in [1.165, 1.54) is 25.3 Å². The van der Waals surface area contributed by atoms with Gasteiger partial charge in [-0.1, -0.05) is 38.5 Å². The molecule has 0 aromatic heterocycles. The van der Waals surface area contributed by atoms with Crippen LogP contribution in [-0.4, -0.2) is 97.0 Å². The van der Waals surface area contributed by atoms with E-state index in [2.05, 4.69) is 26.4 Å². The van der Waals surface area contributed by atoms with Gasteiger partial charge in [-0.25, -0.2) is 0 Å². The first-order chi connectivity index (χ1) is 23.4. The minimum Gasteiger partial charge on any atom is -0.508 e. The molecule has 0 heterocycles. The van der Waals surface area contributed by atoms with Crippen molar-refractivity contribution in [2.24, 2.45) is 11.6 Å². The third kappa shape index (κ3) is 14.4. The van der Waals surface area contributed by atoms with E-state index in [1.54, 1.807) is 24.1 Å². The molecule has 3 atom stereocenters. The van der Waals surface area contributed by atoms with E-state index in [9.17, 15) is 29.1 Å². The van der Waals surface area contributed by atoms with Crippen LogP contribution >= 0.6 is 11.8 Å². The molecule has 13 heteroatoms. The van der Waals surface area contributed by atoms with E-state index in [-0.39, 0.29) is 30.6 Å². The molecular weight excluding hydrogens is 634 g/mol. The first-order valence-electron chi connectivity index (χ1n) is 17.5. The minimum absolute atomic E-state index is 0.122. The topological polar surface area (TPSA) is 180 Å². The molecule has 0 spiro atoms. The van der Waals surface area contributed by atoms with Crippen molar-refractivity contribution in [1.29, 1.82) is 0 Å². The molecule has 4 amide bonds. The van der Waals surface area contributed by atoms with Crippen molar-refractivity contribution in [3.63, 3.8) is 0 Å². The summed E-state index contributed by atoms with van der Waals surface area (Å²) in [6.07, 6.45) is 10.8. The number of methoxy groups -OCH3 is 1. The van der Waals surface area contributed by atoms with Crippen molar-refractivity contribution in [3.05, 3.63) is 28.8 Å². The Labute approximate surface area is 291 Å². The number of esters is 1. The summed E-state index contributed by atoms with van der Waals surface area (Å²) in [5.74, 6) is -0.968. The molecule has 1 aliphatic carbocycles. The standard InChI is InChI=1S/C35H57N5O7S/c1-23-18-26(41)19-24(2)27(23)21-28(36)33(44)39-29(15-17-48-5)34(45)37-22-31(42)38-30(20-25-12-8-6-9-13-25)35(46)40(3)16-11-7-10-14-32(43)47-4/h18-19,25,28-30,41H,6-17,20-22,36H2,1-5H3,(H,37,45)(H,38,42)(H,39,44)/t28-,29-,30-/m0/s1/i/hD. The number of likely N-dealkylation sites (N-methyl/N-ethyl adjacent to an activating group) is 1. The summed E-state index contributed by atoms with van der Waals surface area (Å²) in [5, 5.41) is 18.1. The fourth-order valence-corrected chi connectivity index (χ4v) is 6.62. The molecule has 1 fully saturated rings. The highest BCUT2D eigenvalue weighted by Gasteiger charge is 2.29. The SMILES string of the molecule is [2H]N[C@@H](Cc1c(C)cc(O)cc1C)C(=O)N[C@@H](CCSC)C(=O)NCC(=O)N[C@@H](CC1CCCCC1)C(=O)N(C)CCCCCC(=O)OC. The molecule has 0 saturated heterocycles. The Hall–Kier alpha value is -3.32. The second-order valence-corrected chi connectivity index (χ2v) is 13.9. The van der Waals surface area contributed by atoms with Crippen molar-refractivity contribution < 1.29 is 35.2 Å². The maximum Gasteiger partial charge on any atom is 0.305 e. The summed E-state index contributed by atoms with van der Waals surface area (Å²) < 4.78 is 12.5. The van der Waals surface area contributed by atoms with Crippen LogP contribution in [0.4, 0.5) is 0 Å². The lowest BCUT2D eigenvalue weighted by Gasteiger charge is -2.29. The molecule has 0 unspecified atom stereocenters. The predicted octanol–water partition coefficient (Wildman–Crippen LogP) is 2.88. The van der Waals surface area contributed by atoms with Crippen LogP contribution in [-0.2, 0) is 35.1 Å². The van der Waals surface area contributed by atoms with Crippen LogP contribution in [0.1, 0.15) is 87.3 Å². The van der Waals surface area contributed by atoms with Crippen molar-refractivity contribution in [3.8, 4) is 5.75 Å². The Morgan fingerprint density at radius 2 is 1.73 bits per heavy atom. The minimum atomic E-state index is -0.953. The third-order valence-corrected chi connectivity index (χ3v) is 9.62. The number of hydrogen-bond donors (Lipinski definition) is 5. The summed E-state index contributed by atoms with van der Waals surface area (Å²) in [7, 11) is 3.08. The molecule has 1 aromatic carbocycles. The Morgan fingerprint density at radius 1 is 1.04 bits per heavy atom. The Kier molecular flexibility index (Phi) is 17.6. The number of carbonyl (C=O) groups is 5. The molecule has 270 valence electrons. The maximum absolute atomic E-state index is 13.5.